The summed E-state index contributed by atoms with van der Waals surface area (Å²) < 4.78 is 5.43. The first-order valence-electron chi connectivity index (χ1n) is 7.31. The van der Waals surface area contributed by atoms with Crippen LogP contribution in [-0.2, 0) is 4.74 Å². The Morgan fingerprint density at radius 3 is 2.68 bits per heavy atom. The van der Waals surface area contributed by atoms with E-state index in [1.165, 1.54) is 16.7 Å². The molecule has 0 aromatic heterocycles. The van der Waals surface area contributed by atoms with Gasteiger partial charge in [-0.2, -0.15) is 0 Å². The van der Waals surface area contributed by atoms with Crippen molar-refractivity contribution in [3.63, 3.8) is 0 Å². The standard InChI is InChI=1S/C16H26N2O/c1-4-17-16(12-18-7-9-19-10-8-18)15-11-13(2)5-6-14(15)3/h5-6,11,16-17H,4,7-10,12H2,1-3H3. The fourth-order valence-electron chi connectivity index (χ4n) is 2.70. The Morgan fingerprint density at radius 2 is 2.00 bits per heavy atom. The summed E-state index contributed by atoms with van der Waals surface area (Å²) in [4.78, 5) is 2.50. The predicted molar refractivity (Wildman–Crippen MR) is 79.6 cm³/mol. The smallest absolute Gasteiger partial charge is 0.0594 e. The summed E-state index contributed by atoms with van der Waals surface area (Å²) >= 11 is 0. The van der Waals surface area contributed by atoms with E-state index in [0.717, 1.165) is 39.4 Å². The number of rotatable bonds is 5. The second kappa shape index (κ2) is 7.04. The van der Waals surface area contributed by atoms with Gasteiger partial charge in [-0.3, -0.25) is 4.90 Å². The first kappa shape index (κ1) is 14.5. The Kier molecular flexibility index (Phi) is 5.37. The van der Waals surface area contributed by atoms with Gasteiger partial charge in [-0.1, -0.05) is 30.7 Å². The van der Waals surface area contributed by atoms with E-state index < -0.39 is 0 Å². The topological polar surface area (TPSA) is 24.5 Å². The van der Waals surface area contributed by atoms with Gasteiger partial charge >= 0.3 is 0 Å². The summed E-state index contributed by atoms with van der Waals surface area (Å²) in [7, 11) is 0. The number of ether oxygens (including phenoxy) is 1. The molecule has 3 heteroatoms. The first-order valence-corrected chi connectivity index (χ1v) is 7.31. The number of hydrogen-bond donors (Lipinski definition) is 1. The number of nitrogens with one attached hydrogen (secondary N) is 1. The van der Waals surface area contributed by atoms with Crippen LogP contribution in [0.5, 0.6) is 0 Å². The molecule has 1 aliphatic heterocycles. The van der Waals surface area contributed by atoms with E-state index in [9.17, 15) is 0 Å². The van der Waals surface area contributed by atoms with Crippen LogP contribution in [0.25, 0.3) is 0 Å². The summed E-state index contributed by atoms with van der Waals surface area (Å²) in [6.45, 7) is 12.5. The second-order valence-electron chi connectivity index (χ2n) is 5.38. The molecule has 1 saturated heterocycles. The minimum atomic E-state index is 0.419. The van der Waals surface area contributed by atoms with Gasteiger partial charge in [0.05, 0.1) is 13.2 Å². The highest BCUT2D eigenvalue weighted by Crippen LogP contribution is 2.20. The average Bonchev–Trinajstić information content (AvgIpc) is 2.42. The molecule has 0 spiro atoms. The number of aryl methyl sites for hydroxylation is 2. The molecule has 1 aromatic carbocycles. The highest BCUT2D eigenvalue weighted by Gasteiger charge is 2.18. The molecular formula is C16H26N2O. The van der Waals surface area contributed by atoms with Crippen LogP contribution >= 0.6 is 0 Å². The molecular weight excluding hydrogens is 236 g/mol. The van der Waals surface area contributed by atoms with Gasteiger partial charge in [0.2, 0.25) is 0 Å². The largest absolute Gasteiger partial charge is 0.379 e. The Hall–Kier alpha value is -0.900. The van der Waals surface area contributed by atoms with Crippen molar-refractivity contribution in [1.29, 1.82) is 0 Å². The van der Waals surface area contributed by atoms with Crippen molar-refractivity contribution >= 4 is 0 Å². The molecule has 0 amide bonds. The van der Waals surface area contributed by atoms with Crippen molar-refractivity contribution in [2.75, 3.05) is 39.4 Å². The van der Waals surface area contributed by atoms with Gasteiger partial charge in [0.25, 0.3) is 0 Å². The molecule has 0 bridgehead atoms. The molecule has 2 rings (SSSR count). The summed E-state index contributed by atoms with van der Waals surface area (Å²) in [6, 6.07) is 7.16. The number of morpholine rings is 1. The van der Waals surface area contributed by atoms with E-state index in [0.29, 0.717) is 6.04 Å². The van der Waals surface area contributed by atoms with E-state index in [1.807, 2.05) is 0 Å². The summed E-state index contributed by atoms with van der Waals surface area (Å²) in [5, 5.41) is 3.63. The Bertz CT molecular complexity index is 400. The lowest BCUT2D eigenvalue weighted by Gasteiger charge is -2.31. The fourth-order valence-corrected chi connectivity index (χ4v) is 2.70. The molecule has 1 unspecified atom stereocenters. The molecule has 1 atom stereocenters. The highest BCUT2D eigenvalue weighted by molar-refractivity contribution is 5.33. The molecule has 1 N–H and O–H groups in total. The zero-order valence-electron chi connectivity index (χ0n) is 12.4. The summed E-state index contributed by atoms with van der Waals surface area (Å²) in [5.74, 6) is 0. The van der Waals surface area contributed by atoms with Crippen molar-refractivity contribution in [3.8, 4) is 0 Å². The van der Waals surface area contributed by atoms with Gasteiger partial charge in [0.1, 0.15) is 0 Å². The predicted octanol–water partition coefficient (Wildman–Crippen LogP) is 2.29. The normalized spacial score (nSPS) is 18.5. The van der Waals surface area contributed by atoms with Gasteiger partial charge in [-0.05, 0) is 31.5 Å². The molecule has 1 fully saturated rings. The minimum Gasteiger partial charge on any atom is -0.379 e. The van der Waals surface area contributed by atoms with E-state index >= 15 is 0 Å². The first-order chi connectivity index (χ1) is 9.20. The quantitative estimate of drug-likeness (QED) is 0.881. The van der Waals surface area contributed by atoms with Crippen LogP contribution < -0.4 is 5.32 Å². The van der Waals surface area contributed by atoms with Gasteiger partial charge in [0.15, 0.2) is 0 Å². The number of likely N-dealkylation sites (N-methyl/N-ethyl adjacent to an activating group) is 1. The van der Waals surface area contributed by atoms with Gasteiger partial charge in [-0.15, -0.1) is 0 Å². The third-order valence-corrected chi connectivity index (χ3v) is 3.81. The fraction of sp³-hybridized carbons (Fsp3) is 0.625. The van der Waals surface area contributed by atoms with Gasteiger partial charge in [0, 0.05) is 25.7 Å². The number of benzene rings is 1. The monoisotopic (exact) mass is 262 g/mol. The summed E-state index contributed by atoms with van der Waals surface area (Å²) in [5.41, 5.74) is 4.16. The van der Waals surface area contributed by atoms with Crippen molar-refractivity contribution < 1.29 is 4.74 Å². The van der Waals surface area contributed by atoms with Crippen LogP contribution in [0, 0.1) is 13.8 Å². The van der Waals surface area contributed by atoms with Crippen LogP contribution in [0.4, 0.5) is 0 Å². The molecule has 0 saturated carbocycles. The Labute approximate surface area is 116 Å². The van der Waals surface area contributed by atoms with E-state index in [2.05, 4.69) is 49.2 Å². The number of nitrogens with zero attached hydrogens (tertiary/aromatic N) is 1. The van der Waals surface area contributed by atoms with E-state index in [4.69, 9.17) is 4.74 Å². The zero-order chi connectivity index (χ0) is 13.7. The third-order valence-electron chi connectivity index (χ3n) is 3.81. The van der Waals surface area contributed by atoms with Crippen LogP contribution in [-0.4, -0.2) is 44.3 Å². The lowest BCUT2D eigenvalue weighted by Crippen LogP contribution is -2.42. The van der Waals surface area contributed by atoms with Crippen molar-refractivity contribution in [1.82, 2.24) is 10.2 Å². The van der Waals surface area contributed by atoms with Crippen LogP contribution in [0.15, 0.2) is 18.2 Å². The molecule has 1 aromatic rings. The zero-order valence-corrected chi connectivity index (χ0v) is 12.4. The summed E-state index contributed by atoms with van der Waals surface area (Å²) in [6.07, 6.45) is 0. The van der Waals surface area contributed by atoms with Crippen LogP contribution in [0.1, 0.15) is 29.7 Å². The molecule has 0 aliphatic carbocycles. The van der Waals surface area contributed by atoms with Crippen molar-refractivity contribution in [2.45, 2.75) is 26.8 Å². The molecule has 1 heterocycles. The third kappa shape index (κ3) is 4.03. The maximum atomic E-state index is 5.43. The van der Waals surface area contributed by atoms with E-state index in [1.54, 1.807) is 0 Å². The molecule has 19 heavy (non-hydrogen) atoms. The van der Waals surface area contributed by atoms with Gasteiger partial charge in [-0.25, -0.2) is 0 Å². The molecule has 106 valence electrons. The minimum absolute atomic E-state index is 0.419. The maximum Gasteiger partial charge on any atom is 0.0594 e. The SMILES string of the molecule is CCNC(CN1CCOCC1)c1cc(C)ccc1C. The Morgan fingerprint density at radius 1 is 1.26 bits per heavy atom. The van der Waals surface area contributed by atoms with Crippen molar-refractivity contribution in [3.05, 3.63) is 34.9 Å². The van der Waals surface area contributed by atoms with Crippen molar-refractivity contribution in [2.24, 2.45) is 0 Å². The second-order valence-corrected chi connectivity index (χ2v) is 5.38. The highest BCUT2D eigenvalue weighted by atomic mass is 16.5. The van der Waals surface area contributed by atoms with Crippen LogP contribution in [0.3, 0.4) is 0 Å². The molecule has 3 nitrogen and oxygen atoms in total. The van der Waals surface area contributed by atoms with Crippen LogP contribution in [0.2, 0.25) is 0 Å². The maximum absolute atomic E-state index is 5.43. The lowest BCUT2D eigenvalue weighted by atomic mass is 9.98. The Balaban J connectivity index is 2.11. The average molecular weight is 262 g/mol. The van der Waals surface area contributed by atoms with E-state index in [-0.39, 0.29) is 0 Å². The lowest BCUT2D eigenvalue weighted by molar-refractivity contribution is 0.0335. The molecule has 1 aliphatic rings. The molecule has 0 radical (unpaired) electrons. The van der Waals surface area contributed by atoms with Gasteiger partial charge < -0.3 is 10.1 Å². The number of hydrogen-bond acceptors (Lipinski definition) is 3.